The van der Waals surface area contributed by atoms with Crippen molar-refractivity contribution in [2.75, 3.05) is 32.1 Å². The zero-order valence-electron chi connectivity index (χ0n) is 11.1. The van der Waals surface area contributed by atoms with Crippen LogP contribution in [0.5, 0.6) is 0 Å². The van der Waals surface area contributed by atoms with Crippen molar-refractivity contribution in [3.63, 3.8) is 0 Å². The Morgan fingerprint density at radius 1 is 1.45 bits per heavy atom. The number of hydrogen-bond acceptors (Lipinski definition) is 6. The number of nitrogens with zero attached hydrogens (tertiary/aromatic N) is 2. The molecule has 0 saturated carbocycles. The van der Waals surface area contributed by atoms with E-state index in [0.29, 0.717) is 32.1 Å². The van der Waals surface area contributed by atoms with Gasteiger partial charge >= 0.3 is 5.97 Å². The van der Waals surface area contributed by atoms with Crippen molar-refractivity contribution in [2.45, 2.75) is 17.7 Å². The van der Waals surface area contributed by atoms with Crippen molar-refractivity contribution in [2.24, 2.45) is 0 Å². The molecule has 1 aliphatic heterocycles. The van der Waals surface area contributed by atoms with E-state index in [1.54, 1.807) is 11.8 Å². The monoisotopic (exact) mass is 316 g/mol. The fourth-order valence-corrected chi connectivity index (χ4v) is 3.92. The third-order valence-electron chi connectivity index (χ3n) is 2.87. The highest BCUT2D eigenvalue weighted by molar-refractivity contribution is 8.01. The number of carbonyl (C=O) groups is 2. The second kappa shape index (κ2) is 7.05. The molecule has 1 fully saturated rings. The molecule has 0 radical (unpaired) electrons. The van der Waals surface area contributed by atoms with Crippen LogP contribution >= 0.6 is 23.1 Å². The zero-order valence-corrected chi connectivity index (χ0v) is 12.8. The first kappa shape index (κ1) is 15.3. The molecule has 1 aromatic rings. The minimum absolute atomic E-state index is 0.0124. The number of ether oxygens (including phenoxy) is 1. The molecule has 1 aromatic heterocycles. The van der Waals surface area contributed by atoms with Gasteiger partial charge in [-0.15, -0.1) is 11.3 Å². The molecule has 1 N–H and O–H groups in total. The molecule has 110 valence electrons. The Morgan fingerprint density at radius 2 is 2.15 bits per heavy atom. The van der Waals surface area contributed by atoms with Gasteiger partial charge in [0.25, 0.3) is 0 Å². The van der Waals surface area contributed by atoms with E-state index in [4.69, 9.17) is 9.84 Å². The minimum Gasteiger partial charge on any atom is -0.481 e. The Morgan fingerprint density at radius 3 is 2.80 bits per heavy atom. The predicted octanol–water partition coefficient (Wildman–Crippen LogP) is 1.03. The Balaban J connectivity index is 1.87. The molecule has 0 aliphatic carbocycles. The SMILES string of the molecule is Cc1nc(SCC(=O)N2CCOCC2)sc1CC(=O)O. The average molecular weight is 316 g/mol. The fraction of sp³-hybridized carbons (Fsp3) is 0.583. The van der Waals surface area contributed by atoms with Crippen LogP contribution in [0.2, 0.25) is 0 Å². The number of aliphatic carboxylic acids is 1. The van der Waals surface area contributed by atoms with Gasteiger partial charge in [0.05, 0.1) is 31.1 Å². The van der Waals surface area contributed by atoms with Gasteiger partial charge in [-0.05, 0) is 6.92 Å². The van der Waals surface area contributed by atoms with E-state index in [2.05, 4.69) is 4.98 Å². The molecular formula is C12H16N2O4S2. The number of aryl methyl sites for hydroxylation is 1. The summed E-state index contributed by atoms with van der Waals surface area (Å²) in [5.41, 5.74) is 0.735. The van der Waals surface area contributed by atoms with E-state index in [0.717, 1.165) is 14.9 Å². The summed E-state index contributed by atoms with van der Waals surface area (Å²) in [5.74, 6) is -0.456. The van der Waals surface area contributed by atoms with Crippen molar-refractivity contribution in [3.8, 4) is 0 Å². The topological polar surface area (TPSA) is 79.7 Å². The van der Waals surface area contributed by atoms with Crippen molar-refractivity contribution >= 4 is 35.0 Å². The first-order chi connectivity index (χ1) is 9.56. The molecule has 6 nitrogen and oxygen atoms in total. The molecule has 0 atom stereocenters. The Bertz CT molecular complexity index is 498. The molecule has 0 unspecified atom stereocenters. The van der Waals surface area contributed by atoms with Gasteiger partial charge in [0.2, 0.25) is 5.91 Å². The Kier molecular flexibility index (Phi) is 5.38. The molecule has 8 heteroatoms. The van der Waals surface area contributed by atoms with E-state index in [9.17, 15) is 9.59 Å². The van der Waals surface area contributed by atoms with E-state index in [1.807, 2.05) is 0 Å². The van der Waals surface area contributed by atoms with Gasteiger partial charge in [-0.25, -0.2) is 4.98 Å². The number of morpholine rings is 1. The van der Waals surface area contributed by atoms with Crippen LogP contribution in [0.25, 0.3) is 0 Å². The molecule has 1 amide bonds. The maximum Gasteiger partial charge on any atom is 0.308 e. The number of carboxylic acid groups (broad SMARTS) is 1. The first-order valence-corrected chi connectivity index (χ1v) is 8.03. The van der Waals surface area contributed by atoms with Gasteiger partial charge in [0, 0.05) is 18.0 Å². The summed E-state index contributed by atoms with van der Waals surface area (Å²) < 4.78 is 5.95. The van der Waals surface area contributed by atoms with Crippen molar-refractivity contribution < 1.29 is 19.4 Å². The van der Waals surface area contributed by atoms with Crippen molar-refractivity contribution in [1.82, 2.24) is 9.88 Å². The van der Waals surface area contributed by atoms with Gasteiger partial charge < -0.3 is 14.7 Å². The number of rotatable bonds is 5. The summed E-state index contributed by atoms with van der Waals surface area (Å²) in [4.78, 5) is 29.5. The summed E-state index contributed by atoms with van der Waals surface area (Å²) >= 11 is 2.72. The number of carbonyl (C=O) groups excluding carboxylic acids is 1. The zero-order chi connectivity index (χ0) is 14.5. The lowest BCUT2D eigenvalue weighted by Gasteiger charge is -2.26. The standard InChI is InChI=1S/C12H16N2O4S2/c1-8-9(6-11(16)17)20-12(13-8)19-7-10(15)14-2-4-18-5-3-14/h2-7H2,1H3,(H,16,17). The van der Waals surface area contributed by atoms with Gasteiger partial charge in [-0.1, -0.05) is 11.8 Å². The van der Waals surface area contributed by atoms with Crippen LogP contribution in [0.4, 0.5) is 0 Å². The van der Waals surface area contributed by atoms with Crippen LogP contribution in [0.15, 0.2) is 4.34 Å². The average Bonchev–Trinajstić information content (AvgIpc) is 2.77. The molecule has 0 spiro atoms. The third kappa shape index (κ3) is 4.19. The Hall–Kier alpha value is -1.12. The largest absolute Gasteiger partial charge is 0.481 e. The molecule has 2 heterocycles. The highest BCUT2D eigenvalue weighted by atomic mass is 32.2. The second-order valence-corrected chi connectivity index (χ2v) is 6.65. The number of aromatic nitrogens is 1. The summed E-state index contributed by atoms with van der Waals surface area (Å²) in [5, 5.41) is 8.79. The number of amides is 1. The molecule has 0 bridgehead atoms. The fourth-order valence-electron chi connectivity index (χ4n) is 1.79. The van der Waals surface area contributed by atoms with Crippen LogP contribution in [0.3, 0.4) is 0 Å². The third-order valence-corrected chi connectivity index (χ3v) is 5.15. The number of hydrogen-bond donors (Lipinski definition) is 1. The second-order valence-electron chi connectivity index (χ2n) is 4.34. The number of carboxylic acids is 1. The van der Waals surface area contributed by atoms with E-state index >= 15 is 0 Å². The van der Waals surface area contributed by atoms with Crippen LogP contribution in [0, 0.1) is 6.92 Å². The summed E-state index contributed by atoms with van der Waals surface area (Å²) in [7, 11) is 0. The maximum absolute atomic E-state index is 12.0. The summed E-state index contributed by atoms with van der Waals surface area (Å²) in [6.45, 7) is 4.26. The maximum atomic E-state index is 12.0. The van der Waals surface area contributed by atoms with Gasteiger partial charge in [-0.3, -0.25) is 9.59 Å². The number of thioether (sulfide) groups is 1. The lowest BCUT2D eigenvalue weighted by molar-refractivity contribution is -0.136. The Labute approximate surface area is 125 Å². The van der Waals surface area contributed by atoms with Crippen molar-refractivity contribution in [1.29, 1.82) is 0 Å². The predicted molar refractivity (Wildman–Crippen MR) is 76.3 cm³/mol. The lowest BCUT2D eigenvalue weighted by Crippen LogP contribution is -2.41. The van der Waals surface area contributed by atoms with E-state index < -0.39 is 5.97 Å². The van der Waals surface area contributed by atoms with Crippen LogP contribution in [0.1, 0.15) is 10.6 Å². The van der Waals surface area contributed by atoms with Gasteiger partial charge in [-0.2, -0.15) is 0 Å². The highest BCUT2D eigenvalue weighted by Crippen LogP contribution is 2.27. The van der Waals surface area contributed by atoms with Gasteiger partial charge in [0.1, 0.15) is 0 Å². The van der Waals surface area contributed by atoms with Gasteiger partial charge in [0.15, 0.2) is 4.34 Å². The van der Waals surface area contributed by atoms with E-state index in [1.165, 1.54) is 23.1 Å². The molecular weight excluding hydrogens is 300 g/mol. The molecule has 0 aromatic carbocycles. The first-order valence-electron chi connectivity index (χ1n) is 6.22. The smallest absolute Gasteiger partial charge is 0.308 e. The molecule has 20 heavy (non-hydrogen) atoms. The number of thiazole rings is 1. The van der Waals surface area contributed by atoms with Crippen molar-refractivity contribution in [3.05, 3.63) is 10.6 Å². The lowest BCUT2D eigenvalue weighted by atomic mass is 10.3. The van der Waals surface area contributed by atoms with Crippen LogP contribution in [-0.2, 0) is 20.7 Å². The highest BCUT2D eigenvalue weighted by Gasteiger charge is 2.18. The van der Waals surface area contributed by atoms with Crippen LogP contribution in [-0.4, -0.2) is 58.9 Å². The summed E-state index contributed by atoms with van der Waals surface area (Å²) in [6.07, 6.45) is -0.0124. The molecule has 2 rings (SSSR count). The van der Waals surface area contributed by atoms with E-state index in [-0.39, 0.29) is 12.3 Å². The molecule has 1 saturated heterocycles. The minimum atomic E-state index is -0.863. The normalized spacial score (nSPS) is 15.3. The molecule has 1 aliphatic rings. The quantitative estimate of drug-likeness (QED) is 0.817. The van der Waals surface area contributed by atoms with Crippen LogP contribution < -0.4 is 0 Å². The summed E-state index contributed by atoms with van der Waals surface area (Å²) in [6, 6.07) is 0.